The Morgan fingerprint density at radius 2 is 2.33 bits per heavy atom. The van der Waals surface area contributed by atoms with E-state index in [1.165, 1.54) is 19.4 Å². The van der Waals surface area contributed by atoms with Crippen LogP contribution in [0.15, 0.2) is 12.1 Å². The summed E-state index contributed by atoms with van der Waals surface area (Å²) in [5, 5.41) is 0.649. The molecule has 0 amide bonds. The van der Waals surface area contributed by atoms with Crippen molar-refractivity contribution in [3.63, 3.8) is 0 Å². The third kappa shape index (κ3) is 2.94. The molecule has 1 fully saturated rings. The maximum atomic E-state index is 6.04. The first-order valence-corrected chi connectivity index (χ1v) is 6.76. The molecule has 0 saturated carbocycles. The third-order valence-corrected chi connectivity index (χ3v) is 3.95. The Morgan fingerprint density at radius 1 is 1.56 bits per heavy atom. The number of halogens is 1. The lowest BCUT2D eigenvalue weighted by Crippen LogP contribution is -2.45. The predicted octanol–water partition coefficient (Wildman–Crippen LogP) is 1.72. The molecule has 1 unspecified atom stereocenters. The number of nitrogens with zero attached hydrogens (tertiary/aromatic N) is 3. The molecule has 1 aromatic rings. The normalized spacial score (nSPS) is 21.0. The van der Waals surface area contributed by atoms with E-state index in [1.807, 2.05) is 12.1 Å². The monoisotopic (exact) mass is 268 g/mol. The number of likely N-dealkylation sites (tertiary alicyclic amines) is 1. The number of anilines is 1. The van der Waals surface area contributed by atoms with Crippen LogP contribution in [0.25, 0.3) is 0 Å². The van der Waals surface area contributed by atoms with Gasteiger partial charge in [-0.15, -0.1) is 0 Å². The molecule has 4 nitrogen and oxygen atoms in total. The Balaban J connectivity index is 2.14. The minimum absolute atomic E-state index is 0.380. The second-order valence-electron chi connectivity index (χ2n) is 4.97. The van der Waals surface area contributed by atoms with Crippen LogP contribution in [0.2, 0.25) is 5.02 Å². The molecular weight excluding hydrogens is 248 g/mol. The van der Waals surface area contributed by atoms with Crippen molar-refractivity contribution >= 4 is 17.4 Å². The van der Waals surface area contributed by atoms with E-state index in [9.17, 15) is 0 Å². The van der Waals surface area contributed by atoms with Gasteiger partial charge in [0.05, 0.1) is 10.7 Å². The standard InChI is InChI=1S/C13H21ClN4/c1-17-7-3-4-10(9-17)18(2)13-6-5-11(14)12(8-15)16-13/h5-6,10H,3-4,7-9,15H2,1-2H3. The summed E-state index contributed by atoms with van der Waals surface area (Å²) in [5.41, 5.74) is 6.42. The van der Waals surface area contributed by atoms with Gasteiger partial charge in [-0.3, -0.25) is 0 Å². The van der Waals surface area contributed by atoms with Crippen molar-refractivity contribution in [3.8, 4) is 0 Å². The third-order valence-electron chi connectivity index (χ3n) is 3.61. The fraction of sp³-hybridized carbons (Fsp3) is 0.615. The molecule has 1 saturated heterocycles. The molecule has 0 aromatic carbocycles. The van der Waals surface area contributed by atoms with Crippen molar-refractivity contribution in [1.29, 1.82) is 0 Å². The van der Waals surface area contributed by atoms with Gasteiger partial charge in [0.25, 0.3) is 0 Å². The van der Waals surface area contributed by atoms with Crippen LogP contribution in [-0.2, 0) is 6.54 Å². The molecule has 100 valence electrons. The lowest BCUT2D eigenvalue weighted by Gasteiger charge is -2.36. The summed E-state index contributed by atoms with van der Waals surface area (Å²) in [7, 11) is 4.26. The van der Waals surface area contributed by atoms with E-state index in [0.29, 0.717) is 17.6 Å². The molecule has 1 aromatic heterocycles. The Labute approximate surface area is 114 Å². The first kappa shape index (κ1) is 13.6. The van der Waals surface area contributed by atoms with E-state index in [4.69, 9.17) is 17.3 Å². The molecule has 2 N–H and O–H groups in total. The number of likely N-dealkylation sites (N-methyl/N-ethyl adjacent to an activating group) is 2. The fourth-order valence-electron chi connectivity index (χ4n) is 2.45. The van der Waals surface area contributed by atoms with E-state index in [1.54, 1.807) is 0 Å². The molecule has 0 aliphatic carbocycles. The molecule has 2 heterocycles. The van der Waals surface area contributed by atoms with E-state index in [0.717, 1.165) is 18.1 Å². The van der Waals surface area contributed by atoms with Gasteiger partial charge in [0.1, 0.15) is 5.82 Å². The van der Waals surface area contributed by atoms with Crippen molar-refractivity contribution in [3.05, 3.63) is 22.8 Å². The second-order valence-corrected chi connectivity index (χ2v) is 5.38. The van der Waals surface area contributed by atoms with Gasteiger partial charge in [0, 0.05) is 26.2 Å². The Morgan fingerprint density at radius 3 is 3.00 bits per heavy atom. The Kier molecular flexibility index (Phi) is 4.43. The number of pyridine rings is 1. The van der Waals surface area contributed by atoms with Crippen LogP contribution >= 0.6 is 11.6 Å². The minimum Gasteiger partial charge on any atom is -0.355 e. The van der Waals surface area contributed by atoms with Crippen LogP contribution in [0.3, 0.4) is 0 Å². The van der Waals surface area contributed by atoms with Gasteiger partial charge < -0.3 is 15.5 Å². The average molecular weight is 269 g/mol. The summed E-state index contributed by atoms with van der Waals surface area (Å²) >= 11 is 6.04. The van der Waals surface area contributed by atoms with E-state index in [-0.39, 0.29) is 0 Å². The maximum absolute atomic E-state index is 6.04. The lowest BCUT2D eigenvalue weighted by molar-refractivity contribution is 0.247. The zero-order valence-electron chi connectivity index (χ0n) is 11.1. The van der Waals surface area contributed by atoms with E-state index in [2.05, 4.69) is 28.9 Å². The molecule has 2 rings (SSSR count). The SMILES string of the molecule is CN1CCCC(N(C)c2ccc(Cl)c(CN)n2)C1. The van der Waals surface area contributed by atoms with Gasteiger partial charge in [-0.1, -0.05) is 11.6 Å². The highest BCUT2D eigenvalue weighted by atomic mass is 35.5. The highest BCUT2D eigenvalue weighted by Gasteiger charge is 2.22. The molecule has 18 heavy (non-hydrogen) atoms. The van der Waals surface area contributed by atoms with Gasteiger partial charge in [0.2, 0.25) is 0 Å². The Hall–Kier alpha value is -0.840. The van der Waals surface area contributed by atoms with Crippen LogP contribution in [0.1, 0.15) is 18.5 Å². The molecule has 1 aliphatic heterocycles. The second kappa shape index (κ2) is 5.87. The zero-order valence-corrected chi connectivity index (χ0v) is 11.8. The van der Waals surface area contributed by atoms with Crippen molar-refractivity contribution < 1.29 is 0 Å². The van der Waals surface area contributed by atoms with Gasteiger partial charge in [0.15, 0.2) is 0 Å². The number of hydrogen-bond donors (Lipinski definition) is 1. The quantitative estimate of drug-likeness (QED) is 0.907. The summed E-state index contributed by atoms with van der Waals surface area (Å²) in [5.74, 6) is 0.958. The van der Waals surface area contributed by atoms with Crippen LogP contribution in [0.5, 0.6) is 0 Å². The summed E-state index contributed by atoms with van der Waals surface area (Å²) < 4.78 is 0. The van der Waals surface area contributed by atoms with Crippen molar-refractivity contribution in [2.75, 3.05) is 32.1 Å². The number of nitrogens with two attached hydrogens (primary N) is 1. The van der Waals surface area contributed by atoms with Gasteiger partial charge >= 0.3 is 0 Å². The largest absolute Gasteiger partial charge is 0.355 e. The molecule has 0 bridgehead atoms. The average Bonchev–Trinajstić information content (AvgIpc) is 2.38. The summed E-state index contributed by atoms with van der Waals surface area (Å²) in [6.07, 6.45) is 2.45. The van der Waals surface area contributed by atoms with Gasteiger partial charge in [-0.05, 0) is 38.6 Å². The van der Waals surface area contributed by atoms with Crippen LogP contribution < -0.4 is 10.6 Å². The Bertz CT molecular complexity index is 410. The van der Waals surface area contributed by atoms with E-state index >= 15 is 0 Å². The van der Waals surface area contributed by atoms with Crippen molar-refractivity contribution in [2.45, 2.75) is 25.4 Å². The highest BCUT2D eigenvalue weighted by Crippen LogP contribution is 2.22. The first-order valence-electron chi connectivity index (χ1n) is 6.38. The fourth-order valence-corrected chi connectivity index (χ4v) is 2.64. The minimum atomic E-state index is 0.380. The summed E-state index contributed by atoms with van der Waals surface area (Å²) in [6, 6.07) is 4.37. The van der Waals surface area contributed by atoms with E-state index < -0.39 is 0 Å². The maximum Gasteiger partial charge on any atom is 0.129 e. The van der Waals surface area contributed by atoms with Crippen LogP contribution in [0, 0.1) is 0 Å². The predicted molar refractivity (Wildman–Crippen MR) is 76.1 cm³/mol. The molecular formula is C13H21ClN4. The van der Waals surface area contributed by atoms with Crippen molar-refractivity contribution in [1.82, 2.24) is 9.88 Å². The van der Waals surface area contributed by atoms with Gasteiger partial charge in [-0.25, -0.2) is 4.98 Å². The zero-order chi connectivity index (χ0) is 13.1. The smallest absolute Gasteiger partial charge is 0.129 e. The van der Waals surface area contributed by atoms with Crippen molar-refractivity contribution in [2.24, 2.45) is 5.73 Å². The lowest BCUT2D eigenvalue weighted by atomic mass is 10.1. The number of rotatable bonds is 3. The molecule has 5 heteroatoms. The highest BCUT2D eigenvalue weighted by molar-refractivity contribution is 6.31. The summed E-state index contributed by atoms with van der Waals surface area (Å²) in [4.78, 5) is 9.15. The topological polar surface area (TPSA) is 45.4 Å². The van der Waals surface area contributed by atoms with Gasteiger partial charge in [-0.2, -0.15) is 0 Å². The number of aromatic nitrogens is 1. The first-order chi connectivity index (χ1) is 8.61. The summed E-state index contributed by atoms with van der Waals surface area (Å²) in [6.45, 7) is 2.65. The number of piperidine rings is 1. The number of hydrogen-bond acceptors (Lipinski definition) is 4. The molecule has 0 radical (unpaired) electrons. The molecule has 1 atom stereocenters. The molecule has 0 spiro atoms. The molecule has 1 aliphatic rings. The van der Waals surface area contributed by atoms with Crippen LogP contribution in [0.4, 0.5) is 5.82 Å². The van der Waals surface area contributed by atoms with Crippen LogP contribution in [-0.4, -0.2) is 43.1 Å².